The summed E-state index contributed by atoms with van der Waals surface area (Å²) in [6.45, 7) is 24.7. The number of aromatic amines is 1. The third-order valence-corrected chi connectivity index (χ3v) is 26.9. The Labute approximate surface area is 737 Å². The quantitative estimate of drug-likeness (QED) is 0.0232. The van der Waals surface area contributed by atoms with Crippen LogP contribution in [0.3, 0.4) is 0 Å². The van der Waals surface area contributed by atoms with Crippen LogP contribution >= 0.6 is 7.82 Å². The van der Waals surface area contributed by atoms with Crippen LogP contribution in [0, 0.1) is 71.0 Å². The summed E-state index contributed by atoms with van der Waals surface area (Å²) in [4.78, 5) is 183. The average molecular weight is 1810 g/mol. The summed E-state index contributed by atoms with van der Waals surface area (Å²) in [6, 6.07) is 7.69. The maximum atomic E-state index is 14.4. The molecule has 126 heavy (non-hydrogen) atoms. The number of rotatable bonds is 35. The summed E-state index contributed by atoms with van der Waals surface area (Å²) >= 11 is 0. The van der Waals surface area contributed by atoms with E-state index < -0.39 is 167 Å². The number of carbonyl (C=O) groups is 10. The monoisotopic (exact) mass is 1810 g/mol. The van der Waals surface area contributed by atoms with Gasteiger partial charge in [-0.05, 0) is 150 Å². The van der Waals surface area contributed by atoms with Crippen LogP contribution in [0.25, 0.3) is 16.4 Å². The summed E-state index contributed by atoms with van der Waals surface area (Å²) in [7, 11) is -3.53. The smallest absolute Gasteiger partial charge is 0.756 e. The van der Waals surface area contributed by atoms with Crippen LogP contribution in [-0.2, 0) is 78.3 Å². The Morgan fingerprint density at radius 1 is 0.810 bits per heavy atom. The number of hydrogen-bond donors (Lipinski definition) is 16. The van der Waals surface area contributed by atoms with Gasteiger partial charge in [-0.25, -0.2) is 9.78 Å². The predicted octanol–water partition coefficient (Wildman–Crippen LogP) is 3.15. The number of allylic oxidation sites excluding steroid dienone is 6. The molecular weight excluding hydrogens is 1700 g/mol. The number of anilines is 4. The van der Waals surface area contributed by atoms with E-state index in [1.54, 1.807) is 26.1 Å². The number of ether oxygens (including phenoxy) is 1. The molecule has 0 saturated carbocycles. The van der Waals surface area contributed by atoms with E-state index in [0.717, 1.165) is 16.8 Å². The second kappa shape index (κ2) is 40.1. The minimum atomic E-state index is -5.32. The number of phosphoric acid groups is 1. The van der Waals surface area contributed by atoms with E-state index in [4.69, 9.17) is 91.2 Å². The van der Waals surface area contributed by atoms with Crippen LogP contribution in [-0.4, -0.2) is 198 Å². The molecule has 684 valence electrons. The van der Waals surface area contributed by atoms with Crippen LogP contribution in [0.4, 0.5) is 23.1 Å². The molecule has 2 saturated heterocycles. The first-order chi connectivity index (χ1) is 58.5. The summed E-state index contributed by atoms with van der Waals surface area (Å²) in [5.41, 5.74) is 43.3. The fourth-order valence-electron chi connectivity index (χ4n) is 18.7. The minimum Gasteiger partial charge on any atom is -0.756 e. The number of nitrogens with one attached hydrogen (secondary N) is 5. The molecule has 2 unspecified atom stereocenters. The number of imidazole rings is 1. The summed E-state index contributed by atoms with van der Waals surface area (Å²) in [6.07, 6.45) is -5.37. The Morgan fingerprint density at radius 3 is 2.01 bits per heavy atom. The zero-order valence-corrected chi connectivity index (χ0v) is 74.2. The van der Waals surface area contributed by atoms with Crippen molar-refractivity contribution < 1.29 is 108 Å². The van der Waals surface area contributed by atoms with Crippen LogP contribution < -0.4 is 76.8 Å². The third-order valence-electron chi connectivity index (χ3n) is 25.7. The first-order valence-electron chi connectivity index (χ1n) is 40.8. The van der Waals surface area contributed by atoms with E-state index in [2.05, 4.69) is 36.2 Å². The maximum absolute atomic E-state index is 14.4. The summed E-state index contributed by atoms with van der Waals surface area (Å²) < 4.78 is 31.9. The number of phosphoric ester groups is 1. The van der Waals surface area contributed by atoms with E-state index in [9.17, 15) is 77.5 Å². The fraction of sp³-hybridized carbons (Fsp3) is 0.554. The number of aliphatic hydroxyl groups excluding tert-OH is 2. The number of amides is 8. The first-order valence-corrected chi connectivity index (χ1v) is 42.3. The number of nitrogens with two attached hydrogens (primary N) is 7. The number of aromatic nitrogens is 4. The van der Waals surface area contributed by atoms with Crippen molar-refractivity contribution >= 4 is 118 Å². The zero-order chi connectivity index (χ0) is 92.8. The Balaban J connectivity index is 0.000000455. The van der Waals surface area contributed by atoms with Gasteiger partial charge in [-0.3, -0.25) is 72.5 Å². The molecule has 7 aliphatic rings. The molecule has 4 aromatic rings. The van der Waals surface area contributed by atoms with Crippen molar-refractivity contribution in [2.45, 2.75) is 214 Å². The van der Waals surface area contributed by atoms with Gasteiger partial charge in [-0.2, -0.15) is 10.7 Å². The van der Waals surface area contributed by atoms with Gasteiger partial charge in [0.25, 0.3) is 19.3 Å². The molecule has 0 radical (unpaired) electrons. The van der Waals surface area contributed by atoms with Gasteiger partial charge in [0, 0.05) is 146 Å². The zero-order valence-electron chi connectivity index (χ0n) is 72.2. The number of carboxylic acid groups (broad SMARTS) is 2. The molecule has 23 N–H and O–H groups in total. The number of nitrogens with zero attached hydrogens (tertiary/aromatic N) is 9. The van der Waals surface area contributed by atoms with E-state index in [-0.39, 0.29) is 130 Å². The molecule has 8 amide bonds. The Hall–Kier alpha value is -11.3. The Bertz CT molecular complexity index is 5240. The Kier molecular flexibility index (Phi) is 31.9. The standard InChI is InChI=1S/C62H90N13O14P.C20H25N7O6.CN.Co/c1-29-20-39-40(21-30(29)2)75(28-70-39)57-52(84)53(41(27-76)87-57)89-90(85,86)88-31(3)26-69-49(83)18-19-59(8)37(22-46(66)80)56-62(11)61(10,25-48(68)82)36(14-17-45(65)79)51(74-62)33(5)55-60(9,24-47(67)81)34(12-15-43(63)77)38(71-55)23-42-58(6,7)35(13-16-44(64)78)50(72-42)32(4)54(59)73-56;1-27-12(9-23-16-15(27)18(31)26-20(21)25-16)8-22-11-4-2-10(3-5-11)17(30)24-13(19(32)33)6-7-14(28)29;1-2;/h20-21,23,28,31,34-37,41,52-53,56-57,76,84H,12-19,22,24-27H2,1-11H3,(H15,63,64,65,66,67,68,69,71,72,73,74,77,78,79,80,81,82,83,85,86);2-5,12-13,22H,6-9H2,1H3,(H,24,30)(H,28,29)(H,32,33)(H4,21,23,25,26,31);;/q;;-1;+3/p-2/t31-,34-,35-,36-,37+,41-,52-,53-,56-,57+,59-,60+,61+,62+;12?,13-;;/m10../s1. The van der Waals surface area contributed by atoms with Crippen molar-refractivity contribution in [3.63, 3.8) is 0 Å². The van der Waals surface area contributed by atoms with Crippen molar-refractivity contribution in [3.8, 4) is 0 Å². The van der Waals surface area contributed by atoms with Crippen LogP contribution in [0.1, 0.15) is 173 Å². The molecule has 8 bridgehead atoms. The number of aliphatic hydroxyl groups is 2. The van der Waals surface area contributed by atoms with Gasteiger partial charge in [-0.1, -0.05) is 40.7 Å². The predicted molar refractivity (Wildman–Crippen MR) is 457 cm³/mol. The number of fused-ring (bicyclic) bond motifs is 8. The number of benzene rings is 2. The number of aliphatic imine (C=N–C) groups is 3. The number of hydrogen-bond acceptors (Lipinski definition) is 28. The third kappa shape index (κ3) is 21.3. The topological polar surface area (TPSA) is 691 Å². The molecule has 43 heteroatoms. The van der Waals surface area contributed by atoms with Crippen molar-refractivity contribution in [1.82, 2.24) is 30.2 Å². The molecule has 9 heterocycles. The molecule has 41 nitrogen and oxygen atoms in total. The largest absolute Gasteiger partial charge is 3.00 e. The number of aryl methyl sites for hydroxylation is 2. The first kappa shape index (κ1) is 100. The van der Waals surface area contributed by atoms with E-state index in [0.29, 0.717) is 81.0 Å². The molecule has 0 aliphatic carbocycles. The molecule has 2 aromatic heterocycles. The van der Waals surface area contributed by atoms with Gasteiger partial charge in [-0.15, -0.1) is 0 Å². The van der Waals surface area contributed by atoms with E-state index >= 15 is 0 Å². The molecule has 2 aromatic carbocycles. The molecule has 2 fully saturated rings. The number of primary amides is 6. The van der Waals surface area contributed by atoms with Crippen molar-refractivity contribution in [3.05, 3.63) is 116 Å². The molecule has 7 aliphatic heterocycles. The number of nitrogen functional groups attached to an aromatic ring is 1. The van der Waals surface area contributed by atoms with Crippen LogP contribution in [0.2, 0.25) is 0 Å². The number of aliphatic carboxylic acids is 2. The van der Waals surface area contributed by atoms with E-state index in [1.807, 2.05) is 85.4 Å². The number of H-pyrrole nitrogens is 1. The normalized spacial score (nSPS) is 28.6. The fourth-order valence-corrected chi connectivity index (χ4v) is 19.9. The Morgan fingerprint density at radius 2 is 1.42 bits per heavy atom. The average Bonchev–Trinajstić information content (AvgIpc) is 1.52. The molecule has 11 rings (SSSR count). The van der Waals surface area contributed by atoms with Crippen LogP contribution in [0.15, 0.2) is 96.8 Å². The number of carbonyl (C=O) groups excluding carboxylic acids is 8. The second-order valence-corrected chi connectivity index (χ2v) is 35.9. The van der Waals surface area contributed by atoms with Gasteiger partial charge in [0.1, 0.15) is 30.0 Å². The van der Waals surface area contributed by atoms with Gasteiger partial charge in [0.2, 0.25) is 47.3 Å². The molecular formula is C83H113CoN21O20P. The molecule has 0 spiro atoms. The second-order valence-electron chi connectivity index (χ2n) is 34.5. The van der Waals surface area contributed by atoms with Gasteiger partial charge < -0.3 is 127 Å². The van der Waals surface area contributed by atoms with Crippen molar-refractivity contribution in [2.75, 3.05) is 54.6 Å². The van der Waals surface area contributed by atoms with Crippen molar-refractivity contribution in [2.24, 2.45) is 94.7 Å². The van der Waals surface area contributed by atoms with Crippen LogP contribution in [0.5, 0.6) is 0 Å². The molecule has 17 atom stereocenters. The van der Waals surface area contributed by atoms with E-state index in [1.165, 1.54) is 30.0 Å². The summed E-state index contributed by atoms with van der Waals surface area (Å²) in [5.74, 6) is -9.99. The maximum Gasteiger partial charge on any atom is 3.00 e. The van der Waals surface area contributed by atoms with Gasteiger partial charge in [0.15, 0.2) is 12.0 Å². The van der Waals surface area contributed by atoms with Gasteiger partial charge in [0.05, 0.1) is 47.3 Å². The van der Waals surface area contributed by atoms with Crippen molar-refractivity contribution in [1.29, 1.82) is 5.26 Å². The number of carboxylic acids is 2. The summed E-state index contributed by atoms with van der Waals surface area (Å²) in [5, 5.41) is 62.9. The minimum absolute atomic E-state index is 0. The number of likely N-dealkylation sites (N-methyl/N-ethyl adjacent to an activating group) is 1. The SMILES string of the molecule is C/C1=C2/[N-][C@H]([C@H](CC(N)=O)[C@@]2(C)CCC(=O)NC[C@@H](C)OP(=O)([O-])O[C@H]2[C@@H](O)[C@@H](n3cnc4cc(C)c(C)cc43)O[C@@H]2CO)[C@]2(C)N=C(/C(C)=C3N=C(/C=C4N=C1[C@@H](CCC(N)=O)C\4(C)C)[C@@H](CCC(N)=O)[C@]\3(C)CC(N)=O)[C@@H](CCC(N)=O)[C@]2(C)CC(N)=O.CN1c2c(nc(N)[nH]c2=O)NCC1CNc1ccc(C(=O)N[C@@H](CCC(=O)O)C(=O)O)cc1.[C-]#N.[Co+3]. The van der Waals surface area contributed by atoms with Gasteiger partial charge >= 0.3 is 28.7 Å².